The largest absolute Gasteiger partial charge is 0.376 e. The average Bonchev–Trinajstić information content (AvgIpc) is 3.00. The van der Waals surface area contributed by atoms with Crippen LogP contribution < -0.4 is 11.1 Å². The molecule has 1 aromatic carbocycles. The maximum Gasteiger partial charge on any atom is 0.254 e. The number of hydrogen-bond acceptors (Lipinski definition) is 3. The number of rotatable bonds is 3. The third-order valence-electron chi connectivity index (χ3n) is 3.43. The van der Waals surface area contributed by atoms with Gasteiger partial charge in [0.05, 0.1) is 24.3 Å². The molecule has 5 heteroatoms. The number of nitrogens with two attached hydrogens (primary N) is 1. The topological polar surface area (TPSA) is 64.4 Å². The van der Waals surface area contributed by atoms with Crippen molar-refractivity contribution in [3.8, 4) is 11.8 Å². The summed E-state index contributed by atoms with van der Waals surface area (Å²) >= 11 is 0. The maximum absolute atomic E-state index is 13.8. The van der Waals surface area contributed by atoms with E-state index in [0.29, 0.717) is 12.2 Å². The molecule has 0 spiro atoms. The normalized spacial score (nSPS) is 18.7. The van der Waals surface area contributed by atoms with E-state index in [4.69, 9.17) is 10.5 Å². The zero-order valence-corrected chi connectivity index (χ0v) is 12.0. The summed E-state index contributed by atoms with van der Waals surface area (Å²) in [5, 5.41) is 2.79. The molecule has 1 fully saturated rings. The summed E-state index contributed by atoms with van der Waals surface area (Å²) in [5.41, 5.74) is 5.85. The molecule has 1 amide bonds. The van der Waals surface area contributed by atoms with Gasteiger partial charge in [-0.3, -0.25) is 4.79 Å². The summed E-state index contributed by atoms with van der Waals surface area (Å²) < 4.78 is 19.3. The minimum absolute atomic E-state index is 0.00257. The number of amides is 1. The van der Waals surface area contributed by atoms with Gasteiger partial charge in [0.25, 0.3) is 5.91 Å². The van der Waals surface area contributed by atoms with E-state index >= 15 is 0 Å². The number of carbonyl (C=O) groups excluding carboxylic acids is 1. The van der Waals surface area contributed by atoms with E-state index in [0.717, 1.165) is 12.8 Å². The summed E-state index contributed by atoms with van der Waals surface area (Å²) in [6.45, 7) is 2.79. The van der Waals surface area contributed by atoms with E-state index in [1.54, 1.807) is 0 Å². The van der Waals surface area contributed by atoms with Crippen LogP contribution in [0, 0.1) is 17.7 Å². The number of carbonyl (C=O) groups is 1. The predicted octanol–water partition coefficient (Wildman–Crippen LogP) is 1.43. The third-order valence-corrected chi connectivity index (χ3v) is 3.43. The Morgan fingerprint density at radius 3 is 3.10 bits per heavy atom. The highest BCUT2D eigenvalue weighted by molar-refractivity contribution is 5.95. The first-order valence-corrected chi connectivity index (χ1v) is 7.02. The molecular weight excluding hydrogens is 271 g/mol. The third kappa shape index (κ3) is 4.03. The summed E-state index contributed by atoms with van der Waals surface area (Å²) in [4.78, 5) is 12.2. The molecule has 2 unspecified atom stereocenters. The van der Waals surface area contributed by atoms with Gasteiger partial charge < -0.3 is 15.8 Å². The molecule has 4 nitrogen and oxygen atoms in total. The average molecular weight is 290 g/mol. The van der Waals surface area contributed by atoms with Crippen LogP contribution >= 0.6 is 0 Å². The number of ether oxygens (including phenoxy) is 1. The molecule has 1 aliphatic heterocycles. The predicted molar refractivity (Wildman–Crippen MR) is 78.2 cm³/mol. The fourth-order valence-corrected chi connectivity index (χ4v) is 2.30. The summed E-state index contributed by atoms with van der Waals surface area (Å²) in [7, 11) is 0. The Bertz CT molecular complexity index is 571. The molecular formula is C16H19FN2O2. The monoisotopic (exact) mass is 290 g/mol. The molecule has 0 aromatic heterocycles. The van der Waals surface area contributed by atoms with Crippen LogP contribution in [0.15, 0.2) is 18.2 Å². The van der Waals surface area contributed by atoms with Gasteiger partial charge in [-0.2, -0.15) is 0 Å². The fraction of sp³-hybridized carbons (Fsp3) is 0.438. The highest BCUT2D eigenvalue weighted by atomic mass is 19.1. The van der Waals surface area contributed by atoms with Gasteiger partial charge in [0.15, 0.2) is 0 Å². The Morgan fingerprint density at radius 1 is 1.62 bits per heavy atom. The van der Waals surface area contributed by atoms with Crippen molar-refractivity contribution in [2.45, 2.75) is 31.9 Å². The SMILES string of the molecule is CC(NC(=O)c1cc(C#CCN)ccc1F)C1CCCO1. The van der Waals surface area contributed by atoms with Gasteiger partial charge in [-0.25, -0.2) is 4.39 Å². The van der Waals surface area contributed by atoms with Crippen molar-refractivity contribution in [2.75, 3.05) is 13.2 Å². The smallest absolute Gasteiger partial charge is 0.254 e. The molecule has 0 saturated carbocycles. The number of benzene rings is 1. The van der Waals surface area contributed by atoms with Gasteiger partial charge in [-0.05, 0) is 38.0 Å². The van der Waals surface area contributed by atoms with Crippen molar-refractivity contribution >= 4 is 5.91 Å². The standard InChI is InChI=1S/C16H19FN2O2/c1-11(15-5-3-9-21-15)19-16(20)13-10-12(4-2-8-18)6-7-14(13)17/h6-7,10-11,15H,3,5,8-9,18H2,1H3,(H,19,20). The van der Waals surface area contributed by atoms with E-state index in [-0.39, 0.29) is 24.3 Å². The number of nitrogens with one attached hydrogen (secondary N) is 1. The van der Waals surface area contributed by atoms with Crippen molar-refractivity contribution in [2.24, 2.45) is 5.73 Å². The molecule has 3 N–H and O–H groups in total. The minimum atomic E-state index is -0.565. The second-order valence-corrected chi connectivity index (χ2v) is 5.01. The van der Waals surface area contributed by atoms with Crippen LogP contribution in [0.4, 0.5) is 4.39 Å². The Morgan fingerprint density at radius 2 is 2.43 bits per heavy atom. The first kappa shape index (κ1) is 15.5. The molecule has 21 heavy (non-hydrogen) atoms. The zero-order valence-electron chi connectivity index (χ0n) is 12.0. The molecule has 0 radical (unpaired) electrons. The second-order valence-electron chi connectivity index (χ2n) is 5.01. The Hall–Kier alpha value is -1.90. The van der Waals surface area contributed by atoms with Crippen molar-refractivity contribution in [1.29, 1.82) is 0 Å². The lowest BCUT2D eigenvalue weighted by atomic mass is 10.1. The lowest BCUT2D eigenvalue weighted by molar-refractivity contribution is 0.0710. The van der Waals surface area contributed by atoms with Gasteiger partial charge in [-0.1, -0.05) is 11.8 Å². The van der Waals surface area contributed by atoms with Gasteiger partial charge in [0, 0.05) is 12.2 Å². The molecule has 1 saturated heterocycles. The molecule has 2 rings (SSSR count). The van der Waals surface area contributed by atoms with Crippen molar-refractivity contribution < 1.29 is 13.9 Å². The Balaban J connectivity index is 2.10. The Labute approximate surface area is 123 Å². The van der Waals surface area contributed by atoms with Crippen LogP contribution in [0.2, 0.25) is 0 Å². The zero-order chi connectivity index (χ0) is 15.2. The van der Waals surface area contributed by atoms with Crippen molar-refractivity contribution in [3.05, 3.63) is 35.1 Å². The summed E-state index contributed by atoms with van der Waals surface area (Å²) in [5.74, 6) is 4.45. The van der Waals surface area contributed by atoms with Crippen LogP contribution in [0.1, 0.15) is 35.7 Å². The fourth-order valence-electron chi connectivity index (χ4n) is 2.30. The van der Waals surface area contributed by atoms with Gasteiger partial charge in [0.2, 0.25) is 0 Å². The van der Waals surface area contributed by atoms with E-state index in [1.165, 1.54) is 18.2 Å². The molecule has 112 valence electrons. The molecule has 1 aromatic rings. The Kier molecular flexibility index (Phi) is 5.32. The van der Waals surface area contributed by atoms with E-state index < -0.39 is 11.7 Å². The number of hydrogen-bond donors (Lipinski definition) is 2. The van der Waals surface area contributed by atoms with Crippen LogP contribution in [0.3, 0.4) is 0 Å². The minimum Gasteiger partial charge on any atom is -0.376 e. The molecule has 2 atom stereocenters. The van der Waals surface area contributed by atoms with E-state index in [1.807, 2.05) is 6.92 Å². The van der Waals surface area contributed by atoms with Crippen LogP contribution in [-0.4, -0.2) is 31.2 Å². The van der Waals surface area contributed by atoms with Crippen LogP contribution in [0.5, 0.6) is 0 Å². The molecule has 0 bridgehead atoms. The van der Waals surface area contributed by atoms with E-state index in [9.17, 15) is 9.18 Å². The van der Waals surface area contributed by atoms with Gasteiger partial charge in [-0.15, -0.1) is 0 Å². The quantitative estimate of drug-likeness (QED) is 0.828. The molecule has 1 aliphatic rings. The first-order chi connectivity index (χ1) is 10.1. The van der Waals surface area contributed by atoms with E-state index in [2.05, 4.69) is 17.2 Å². The summed E-state index contributed by atoms with van der Waals surface area (Å²) in [6.07, 6.45) is 1.90. The van der Waals surface area contributed by atoms with Crippen molar-refractivity contribution in [1.82, 2.24) is 5.32 Å². The molecule has 1 heterocycles. The van der Waals surface area contributed by atoms with Gasteiger partial charge >= 0.3 is 0 Å². The lowest BCUT2D eigenvalue weighted by Gasteiger charge is -2.20. The molecule has 0 aliphatic carbocycles. The lowest BCUT2D eigenvalue weighted by Crippen LogP contribution is -2.41. The van der Waals surface area contributed by atoms with Crippen LogP contribution in [0.25, 0.3) is 0 Å². The second kappa shape index (κ2) is 7.21. The first-order valence-electron chi connectivity index (χ1n) is 7.02. The summed E-state index contributed by atoms with van der Waals surface area (Å²) in [6, 6.07) is 4.05. The number of halogens is 1. The highest BCUT2D eigenvalue weighted by Gasteiger charge is 2.24. The maximum atomic E-state index is 13.8. The van der Waals surface area contributed by atoms with Crippen LogP contribution in [-0.2, 0) is 4.74 Å². The van der Waals surface area contributed by atoms with Gasteiger partial charge in [0.1, 0.15) is 5.82 Å². The van der Waals surface area contributed by atoms with Crippen molar-refractivity contribution in [3.63, 3.8) is 0 Å². The highest BCUT2D eigenvalue weighted by Crippen LogP contribution is 2.16.